The van der Waals surface area contributed by atoms with Gasteiger partial charge in [0.15, 0.2) is 0 Å². The van der Waals surface area contributed by atoms with Crippen LogP contribution >= 0.6 is 11.6 Å². The number of halogens is 1. The van der Waals surface area contributed by atoms with Crippen molar-refractivity contribution in [3.63, 3.8) is 0 Å². The van der Waals surface area contributed by atoms with Crippen LogP contribution in [0.4, 0.5) is 21.9 Å². The highest BCUT2D eigenvalue weighted by molar-refractivity contribution is 6.30. The second-order valence-electron chi connectivity index (χ2n) is 4.81. The Bertz CT molecular complexity index is 735. The van der Waals surface area contributed by atoms with Crippen LogP contribution in [0.2, 0.25) is 5.02 Å². The van der Waals surface area contributed by atoms with Crippen molar-refractivity contribution < 1.29 is 14.5 Å². The van der Waals surface area contributed by atoms with Crippen LogP contribution in [0.25, 0.3) is 0 Å². The van der Waals surface area contributed by atoms with Crippen molar-refractivity contribution in [3.8, 4) is 0 Å². The first-order valence-electron chi connectivity index (χ1n) is 7.20. The zero-order valence-corrected chi connectivity index (χ0v) is 13.7. The third-order valence-corrected chi connectivity index (χ3v) is 3.36. The Hall–Kier alpha value is -2.80. The van der Waals surface area contributed by atoms with Gasteiger partial charge in [0.2, 0.25) is 0 Å². The lowest BCUT2D eigenvalue weighted by molar-refractivity contribution is -0.384. The number of hydrogen-bond acceptors (Lipinski definition) is 5. The molecule has 7 nitrogen and oxygen atoms in total. The summed E-state index contributed by atoms with van der Waals surface area (Å²) >= 11 is 5.82. The Morgan fingerprint density at radius 2 is 1.96 bits per heavy atom. The van der Waals surface area contributed by atoms with Gasteiger partial charge >= 0.3 is 6.09 Å². The van der Waals surface area contributed by atoms with E-state index in [0.29, 0.717) is 17.1 Å². The summed E-state index contributed by atoms with van der Waals surface area (Å²) in [5.74, 6) is 0. The fourth-order valence-corrected chi connectivity index (χ4v) is 2.12. The molecule has 126 valence electrons. The van der Waals surface area contributed by atoms with Gasteiger partial charge in [0.1, 0.15) is 5.69 Å². The number of anilines is 2. The zero-order chi connectivity index (χ0) is 17.5. The van der Waals surface area contributed by atoms with Gasteiger partial charge in [-0.2, -0.15) is 0 Å². The molecule has 2 aromatic rings. The van der Waals surface area contributed by atoms with E-state index in [-0.39, 0.29) is 18.0 Å². The molecule has 0 aliphatic carbocycles. The molecule has 0 atom stereocenters. The number of amides is 1. The molecule has 0 aromatic heterocycles. The zero-order valence-electron chi connectivity index (χ0n) is 12.9. The average molecular weight is 350 g/mol. The Kier molecular flexibility index (Phi) is 5.97. The molecule has 0 bridgehead atoms. The van der Waals surface area contributed by atoms with Crippen LogP contribution in [-0.2, 0) is 11.3 Å². The Morgan fingerprint density at radius 1 is 1.25 bits per heavy atom. The standard InChI is InChI=1S/C16H16ClN3O4/c1-2-24-16(21)19-14-8-3-11(9-15(14)20(22)23)10-18-13-6-4-12(17)5-7-13/h3-9,18H,2,10H2,1H3,(H,19,21). The molecule has 0 radical (unpaired) electrons. The number of nitro groups is 1. The number of hydrogen-bond donors (Lipinski definition) is 2. The van der Waals surface area contributed by atoms with Crippen LogP contribution in [0.3, 0.4) is 0 Å². The molecule has 0 aliphatic heterocycles. The van der Waals surface area contributed by atoms with Gasteiger partial charge in [-0.15, -0.1) is 0 Å². The van der Waals surface area contributed by atoms with Crippen molar-refractivity contribution in [1.29, 1.82) is 0 Å². The lowest BCUT2D eigenvalue weighted by Gasteiger charge is -2.09. The van der Waals surface area contributed by atoms with Crippen molar-refractivity contribution in [2.45, 2.75) is 13.5 Å². The molecule has 2 N–H and O–H groups in total. The number of carbonyl (C=O) groups excluding carboxylic acids is 1. The van der Waals surface area contributed by atoms with E-state index in [0.717, 1.165) is 5.69 Å². The fourth-order valence-electron chi connectivity index (χ4n) is 1.99. The van der Waals surface area contributed by atoms with E-state index < -0.39 is 11.0 Å². The van der Waals surface area contributed by atoms with E-state index in [9.17, 15) is 14.9 Å². The lowest BCUT2D eigenvalue weighted by atomic mass is 10.1. The number of ether oxygens (including phenoxy) is 1. The maximum absolute atomic E-state index is 11.4. The van der Waals surface area contributed by atoms with Crippen LogP contribution in [0.1, 0.15) is 12.5 Å². The summed E-state index contributed by atoms with van der Waals surface area (Å²) in [5.41, 5.74) is 1.44. The molecule has 0 spiro atoms. The van der Waals surface area contributed by atoms with E-state index >= 15 is 0 Å². The van der Waals surface area contributed by atoms with Crippen LogP contribution in [-0.4, -0.2) is 17.6 Å². The van der Waals surface area contributed by atoms with Crippen LogP contribution < -0.4 is 10.6 Å². The van der Waals surface area contributed by atoms with Crippen LogP contribution in [0, 0.1) is 10.1 Å². The smallest absolute Gasteiger partial charge is 0.411 e. The van der Waals surface area contributed by atoms with E-state index in [1.54, 1.807) is 25.1 Å². The van der Waals surface area contributed by atoms with E-state index in [2.05, 4.69) is 10.6 Å². The summed E-state index contributed by atoms with van der Waals surface area (Å²) in [4.78, 5) is 22.1. The van der Waals surface area contributed by atoms with E-state index in [1.807, 2.05) is 12.1 Å². The normalized spacial score (nSPS) is 10.1. The number of rotatable bonds is 6. The average Bonchev–Trinajstić information content (AvgIpc) is 2.55. The summed E-state index contributed by atoms with van der Waals surface area (Å²) in [6, 6.07) is 11.7. The minimum absolute atomic E-state index is 0.0914. The first-order chi connectivity index (χ1) is 11.5. The Balaban J connectivity index is 2.11. The molecule has 0 unspecified atom stereocenters. The van der Waals surface area contributed by atoms with Gasteiger partial charge in [-0.1, -0.05) is 17.7 Å². The predicted octanol–water partition coefficient (Wildman–Crippen LogP) is 4.43. The van der Waals surface area contributed by atoms with Crippen molar-refractivity contribution in [2.24, 2.45) is 0 Å². The molecule has 0 heterocycles. The molecule has 2 aromatic carbocycles. The molecule has 8 heteroatoms. The number of benzene rings is 2. The maximum atomic E-state index is 11.4. The second-order valence-corrected chi connectivity index (χ2v) is 5.25. The number of nitro benzene ring substituents is 1. The molecular weight excluding hydrogens is 334 g/mol. The predicted molar refractivity (Wildman–Crippen MR) is 92.5 cm³/mol. The molecule has 2 rings (SSSR count). The van der Waals surface area contributed by atoms with Crippen LogP contribution in [0.5, 0.6) is 0 Å². The molecule has 0 saturated carbocycles. The van der Waals surface area contributed by atoms with E-state index in [4.69, 9.17) is 16.3 Å². The highest BCUT2D eigenvalue weighted by Gasteiger charge is 2.17. The van der Waals surface area contributed by atoms with Gasteiger partial charge in [-0.3, -0.25) is 15.4 Å². The molecule has 1 amide bonds. The molecular formula is C16H16ClN3O4. The monoisotopic (exact) mass is 349 g/mol. The highest BCUT2D eigenvalue weighted by Crippen LogP contribution is 2.26. The number of carbonyl (C=O) groups is 1. The largest absolute Gasteiger partial charge is 0.450 e. The minimum atomic E-state index is -0.729. The van der Waals surface area contributed by atoms with Crippen molar-refractivity contribution in [3.05, 3.63) is 63.2 Å². The summed E-state index contributed by atoms with van der Waals surface area (Å²) in [5, 5.41) is 17.3. The van der Waals surface area contributed by atoms with Gasteiger partial charge in [0.25, 0.3) is 5.69 Å². The fraction of sp³-hybridized carbons (Fsp3) is 0.188. The third-order valence-electron chi connectivity index (χ3n) is 3.11. The first kappa shape index (κ1) is 17.6. The topological polar surface area (TPSA) is 93.5 Å². The number of nitrogens with one attached hydrogen (secondary N) is 2. The molecule has 0 fully saturated rings. The Morgan fingerprint density at radius 3 is 2.58 bits per heavy atom. The minimum Gasteiger partial charge on any atom is -0.450 e. The highest BCUT2D eigenvalue weighted by atomic mass is 35.5. The van der Waals surface area contributed by atoms with Crippen molar-refractivity contribution in [1.82, 2.24) is 0 Å². The van der Waals surface area contributed by atoms with Gasteiger partial charge in [0.05, 0.1) is 11.5 Å². The van der Waals surface area contributed by atoms with Crippen molar-refractivity contribution >= 4 is 34.8 Å². The quantitative estimate of drug-likeness (QED) is 0.594. The van der Waals surface area contributed by atoms with E-state index in [1.165, 1.54) is 12.1 Å². The molecule has 0 saturated heterocycles. The SMILES string of the molecule is CCOC(=O)Nc1ccc(CNc2ccc(Cl)cc2)cc1[N+](=O)[O-]. The van der Waals surface area contributed by atoms with Gasteiger partial charge in [-0.25, -0.2) is 4.79 Å². The summed E-state index contributed by atoms with van der Waals surface area (Å²) in [6.45, 7) is 2.23. The summed E-state index contributed by atoms with van der Waals surface area (Å²) in [7, 11) is 0. The lowest BCUT2D eigenvalue weighted by Crippen LogP contribution is -2.14. The first-order valence-corrected chi connectivity index (χ1v) is 7.58. The Labute approximate surface area is 143 Å². The molecule has 24 heavy (non-hydrogen) atoms. The summed E-state index contributed by atoms with van der Waals surface area (Å²) < 4.78 is 4.73. The summed E-state index contributed by atoms with van der Waals surface area (Å²) in [6.07, 6.45) is -0.729. The van der Waals surface area contributed by atoms with Gasteiger partial charge in [0, 0.05) is 23.3 Å². The van der Waals surface area contributed by atoms with Crippen molar-refractivity contribution in [2.75, 3.05) is 17.2 Å². The maximum Gasteiger partial charge on any atom is 0.411 e. The third kappa shape index (κ3) is 4.85. The van der Waals surface area contributed by atoms with Gasteiger partial charge in [-0.05, 0) is 42.8 Å². The molecule has 0 aliphatic rings. The van der Waals surface area contributed by atoms with Crippen LogP contribution in [0.15, 0.2) is 42.5 Å². The number of nitrogens with zero attached hydrogens (tertiary/aromatic N) is 1. The van der Waals surface area contributed by atoms with Gasteiger partial charge < -0.3 is 10.1 Å². The second kappa shape index (κ2) is 8.16.